The molecule has 0 bridgehead atoms. The van der Waals surface area contributed by atoms with E-state index in [1.807, 2.05) is 12.1 Å². The highest BCUT2D eigenvalue weighted by atomic mass is 32.2. The number of pyridine rings is 1. The Kier molecular flexibility index (Phi) is 5.66. The van der Waals surface area contributed by atoms with E-state index in [0.29, 0.717) is 23.2 Å². The third-order valence-electron chi connectivity index (χ3n) is 4.51. The number of aromatic nitrogens is 4. The predicted octanol–water partition coefficient (Wildman–Crippen LogP) is 3.42. The van der Waals surface area contributed by atoms with Crippen LogP contribution < -0.4 is 14.8 Å². The van der Waals surface area contributed by atoms with Gasteiger partial charge in [0.15, 0.2) is 11.0 Å². The lowest BCUT2D eigenvalue weighted by Crippen LogP contribution is -2.15. The highest BCUT2D eigenvalue weighted by Gasteiger charge is 2.30. The van der Waals surface area contributed by atoms with E-state index in [0.717, 1.165) is 29.4 Å². The van der Waals surface area contributed by atoms with Crippen LogP contribution in [0.25, 0.3) is 11.4 Å². The summed E-state index contributed by atoms with van der Waals surface area (Å²) >= 11 is 1.37. The van der Waals surface area contributed by atoms with Gasteiger partial charge in [0, 0.05) is 30.1 Å². The van der Waals surface area contributed by atoms with Crippen LogP contribution in [0.3, 0.4) is 0 Å². The highest BCUT2D eigenvalue weighted by molar-refractivity contribution is 7.99. The maximum Gasteiger partial charge on any atom is 0.234 e. The Morgan fingerprint density at radius 2 is 2.10 bits per heavy atom. The number of hydrogen-bond donors (Lipinski definition) is 1. The molecule has 150 valence electrons. The van der Waals surface area contributed by atoms with E-state index in [4.69, 9.17) is 9.47 Å². The van der Waals surface area contributed by atoms with Gasteiger partial charge >= 0.3 is 0 Å². The number of nitrogens with zero attached hydrogens (tertiary/aromatic N) is 4. The van der Waals surface area contributed by atoms with Crippen LogP contribution in [0.4, 0.5) is 5.69 Å². The van der Waals surface area contributed by atoms with Gasteiger partial charge in [0.05, 0.1) is 25.7 Å². The minimum Gasteiger partial charge on any atom is -0.497 e. The van der Waals surface area contributed by atoms with Crippen LogP contribution >= 0.6 is 11.8 Å². The molecule has 0 radical (unpaired) electrons. The molecule has 1 aliphatic rings. The van der Waals surface area contributed by atoms with Crippen molar-refractivity contribution in [3.05, 3.63) is 42.7 Å². The summed E-state index contributed by atoms with van der Waals surface area (Å²) < 4.78 is 12.6. The number of carbonyl (C=O) groups excluding carboxylic acids is 1. The third-order valence-corrected chi connectivity index (χ3v) is 5.45. The molecule has 8 nitrogen and oxygen atoms in total. The number of thioether (sulfide) groups is 1. The van der Waals surface area contributed by atoms with Crippen molar-refractivity contribution in [2.24, 2.45) is 0 Å². The first-order valence-corrected chi connectivity index (χ1v) is 10.2. The second-order valence-electron chi connectivity index (χ2n) is 6.55. The van der Waals surface area contributed by atoms with Crippen LogP contribution in [0.1, 0.15) is 18.9 Å². The van der Waals surface area contributed by atoms with Gasteiger partial charge in [-0.3, -0.25) is 14.3 Å². The van der Waals surface area contributed by atoms with Crippen LogP contribution in [0.15, 0.2) is 47.9 Å². The van der Waals surface area contributed by atoms with Crippen LogP contribution in [0, 0.1) is 0 Å². The average molecular weight is 411 g/mol. The molecule has 9 heteroatoms. The number of carbonyl (C=O) groups is 1. The third kappa shape index (κ3) is 4.34. The summed E-state index contributed by atoms with van der Waals surface area (Å²) in [4.78, 5) is 16.7. The highest BCUT2D eigenvalue weighted by Crippen LogP contribution is 2.41. The van der Waals surface area contributed by atoms with Crippen LogP contribution in [-0.4, -0.2) is 45.6 Å². The van der Waals surface area contributed by atoms with Gasteiger partial charge in [-0.05, 0) is 37.1 Å². The molecule has 0 spiro atoms. The molecule has 4 rings (SSSR count). The first-order valence-electron chi connectivity index (χ1n) is 9.19. The van der Waals surface area contributed by atoms with Crippen molar-refractivity contribution in [3.63, 3.8) is 0 Å². The smallest absolute Gasteiger partial charge is 0.234 e. The molecule has 1 aliphatic carbocycles. The van der Waals surface area contributed by atoms with E-state index < -0.39 is 0 Å². The van der Waals surface area contributed by atoms with E-state index in [1.165, 1.54) is 11.8 Å². The fraction of sp³-hybridized carbons (Fsp3) is 0.300. The van der Waals surface area contributed by atoms with Crippen molar-refractivity contribution in [2.75, 3.05) is 25.3 Å². The lowest BCUT2D eigenvalue weighted by Gasteiger charge is -2.12. The zero-order chi connectivity index (χ0) is 20.2. The topological polar surface area (TPSA) is 91.2 Å². The molecule has 3 aromatic rings. The average Bonchev–Trinajstić information content (AvgIpc) is 3.51. The maximum atomic E-state index is 12.5. The Balaban J connectivity index is 1.46. The van der Waals surface area contributed by atoms with Gasteiger partial charge in [-0.25, -0.2) is 0 Å². The fourth-order valence-electron chi connectivity index (χ4n) is 2.95. The standard InChI is InChI=1S/C20H21N5O3S/c1-27-15-7-8-16(17(10-15)28-2)22-18(26)12-29-20-24-23-19(25(20)14-5-6-14)13-4-3-9-21-11-13/h3-4,7-11,14H,5-6,12H2,1-2H3,(H,22,26). The Morgan fingerprint density at radius 3 is 2.79 bits per heavy atom. The summed E-state index contributed by atoms with van der Waals surface area (Å²) in [5.41, 5.74) is 1.52. The van der Waals surface area contributed by atoms with Gasteiger partial charge in [-0.2, -0.15) is 0 Å². The Bertz CT molecular complexity index is 1000. The number of methoxy groups -OCH3 is 2. The van der Waals surface area contributed by atoms with Crippen molar-refractivity contribution in [2.45, 2.75) is 24.0 Å². The minimum absolute atomic E-state index is 0.147. The zero-order valence-electron chi connectivity index (χ0n) is 16.2. The summed E-state index contributed by atoms with van der Waals surface area (Å²) in [6.07, 6.45) is 5.69. The molecule has 2 heterocycles. The molecule has 29 heavy (non-hydrogen) atoms. The molecule has 0 aliphatic heterocycles. The van der Waals surface area contributed by atoms with Crippen molar-refractivity contribution in [1.29, 1.82) is 0 Å². The van der Waals surface area contributed by atoms with Crippen molar-refractivity contribution in [3.8, 4) is 22.9 Å². The molecule has 1 fully saturated rings. The normalized spacial score (nSPS) is 13.2. The molecule has 0 unspecified atom stereocenters. The summed E-state index contributed by atoms with van der Waals surface area (Å²) in [6, 6.07) is 9.49. The molecule has 1 saturated carbocycles. The van der Waals surface area contributed by atoms with Crippen LogP contribution in [0.5, 0.6) is 11.5 Å². The van der Waals surface area contributed by atoms with Gasteiger partial charge in [0.1, 0.15) is 11.5 Å². The molecule has 1 N–H and O–H groups in total. The number of ether oxygens (including phenoxy) is 2. The first-order chi connectivity index (χ1) is 14.2. The summed E-state index contributed by atoms with van der Waals surface area (Å²) in [5.74, 6) is 2.07. The van der Waals surface area contributed by atoms with Gasteiger partial charge in [0.2, 0.25) is 5.91 Å². The summed E-state index contributed by atoms with van der Waals surface area (Å²) in [6.45, 7) is 0. The van der Waals surface area contributed by atoms with E-state index in [2.05, 4.69) is 25.1 Å². The SMILES string of the molecule is COc1ccc(NC(=O)CSc2nnc(-c3cccnc3)n2C2CC2)c(OC)c1. The molecule has 2 aromatic heterocycles. The number of amides is 1. The summed E-state index contributed by atoms with van der Waals surface area (Å²) in [7, 11) is 3.14. The Hall–Kier alpha value is -3.07. The van der Waals surface area contributed by atoms with Gasteiger partial charge in [0.25, 0.3) is 0 Å². The van der Waals surface area contributed by atoms with E-state index in [1.54, 1.807) is 44.8 Å². The Labute approximate surface area is 172 Å². The van der Waals surface area contributed by atoms with Crippen molar-refractivity contribution >= 4 is 23.4 Å². The van der Waals surface area contributed by atoms with E-state index in [-0.39, 0.29) is 11.7 Å². The first kappa shape index (κ1) is 19.3. The molecular formula is C20H21N5O3S. The largest absolute Gasteiger partial charge is 0.497 e. The quantitative estimate of drug-likeness (QED) is 0.568. The van der Waals surface area contributed by atoms with Crippen LogP contribution in [-0.2, 0) is 4.79 Å². The van der Waals surface area contributed by atoms with Gasteiger partial charge in [-0.1, -0.05) is 11.8 Å². The van der Waals surface area contributed by atoms with Crippen molar-refractivity contribution in [1.82, 2.24) is 19.7 Å². The summed E-state index contributed by atoms with van der Waals surface area (Å²) in [5, 5.41) is 12.3. The second kappa shape index (κ2) is 8.52. The van der Waals surface area contributed by atoms with Gasteiger partial charge in [-0.15, -0.1) is 10.2 Å². The molecule has 0 saturated heterocycles. The van der Waals surface area contributed by atoms with Crippen LogP contribution in [0.2, 0.25) is 0 Å². The van der Waals surface area contributed by atoms with E-state index in [9.17, 15) is 4.79 Å². The number of nitrogens with one attached hydrogen (secondary N) is 1. The maximum absolute atomic E-state index is 12.5. The molecule has 1 aromatic carbocycles. The Morgan fingerprint density at radius 1 is 1.24 bits per heavy atom. The van der Waals surface area contributed by atoms with E-state index >= 15 is 0 Å². The molecule has 0 atom stereocenters. The number of rotatable bonds is 8. The lowest BCUT2D eigenvalue weighted by atomic mass is 10.2. The number of anilines is 1. The monoisotopic (exact) mass is 411 g/mol. The zero-order valence-corrected chi connectivity index (χ0v) is 17.0. The number of hydrogen-bond acceptors (Lipinski definition) is 7. The van der Waals surface area contributed by atoms with Crippen molar-refractivity contribution < 1.29 is 14.3 Å². The number of benzene rings is 1. The lowest BCUT2D eigenvalue weighted by molar-refractivity contribution is -0.113. The second-order valence-corrected chi connectivity index (χ2v) is 7.49. The van der Waals surface area contributed by atoms with Gasteiger partial charge < -0.3 is 14.8 Å². The minimum atomic E-state index is -0.147. The fourth-order valence-corrected chi connectivity index (χ4v) is 3.75. The molecule has 1 amide bonds. The predicted molar refractivity (Wildman–Crippen MR) is 110 cm³/mol. The molecular weight excluding hydrogens is 390 g/mol.